The van der Waals surface area contributed by atoms with Gasteiger partial charge in [0.1, 0.15) is 5.75 Å². The molecule has 0 atom stereocenters. The third-order valence-electron chi connectivity index (χ3n) is 7.03. The van der Waals surface area contributed by atoms with Crippen molar-refractivity contribution in [1.29, 1.82) is 0 Å². The number of aromatic amines is 1. The second kappa shape index (κ2) is 7.43. The van der Waals surface area contributed by atoms with Crippen molar-refractivity contribution in [2.75, 3.05) is 33.8 Å². The molecule has 1 fully saturated rings. The molecule has 0 unspecified atom stereocenters. The maximum absolute atomic E-state index is 12.8. The monoisotopic (exact) mass is 404 g/mol. The Morgan fingerprint density at radius 1 is 1.23 bits per heavy atom. The number of piperidine rings is 1. The second-order valence-electron chi connectivity index (χ2n) is 8.51. The van der Waals surface area contributed by atoms with E-state index in [4.69, 9.17) is 4.74 Å². The number of rotatable bonds is 3. The molecule has 0 bridgehead atoms. The number of H-pyrrole nitrogens is 1. The van der Waals surface area contributed by atoms with E-state index in [0.717, 1.165) is 50.2 Å². The predicted octanol–water partition coefficient (Wildman–Crippen LogP) is 3.12. The average Bonchev–Trinajstić information content (AvgIpc) is 3.16. The smallest absolute Gasteiger partial charge is 0.227 e. The number of benzene rings is 1. The van der Waals surface area contributed by atoms with E-state index in [1.54, 1.807) is 19.5 Å². The molecule has 2 aliphatic heterocycles. The first-order chi connectivity index (χ1) is 14.6. The van der Waals surface area contributed by atoms with Crippen LogP contribution in [0.3, 0.4) is 0 Å². The maximum Gasteiger partial charge on any atom is 0.227 e. The number of methoxy groups -OCH3 is 1. The minimum absolute atomic E-state index is 0.0368. The summed E-state index contributed by atoms with van der Waals surface area (Å²) in [4.78, 5) is 25.2. The van der Waals surface area contributed by atoms with Gasteiger partial charge in [0.25, 0.3) is 0 Å². The zero-order valence-corrected chi connectivity index (χ0v) is 17.6. The Bertz CT molecular complexity index is 1070. The van der Waals surface area contributed by atoms with Crippen molar-refractivity contribution in [3.63, 3.8) is 0 Å². The highest BCUT2D eigenvalue weighted by Crippen LogP contribution is 2.45. The van der Waals surface area contributed by atoms with Crippen molar-refractivity contribution < 1.29 is 9.53 Å². The quantitative estimate of drug-likeness (QED) is 0.729. The van der Waals surface area contributed by atoms with E-state index < -0.39 is 0 Å². The van der Waals surface area contributed by atoms with Gasteiger partial charge in [-0.3, -0.25) is 14.7 Å². The highest BCUT2D eigenvalue weighted by Gasteiger charge is 2.45. The normalized spacial score (nSPS) is 18.5. The predicted molar refractivity (Wildman–Crippen MR) is 117 cm³/mol. The van der Waals surface area contributed by atoms with Gasteiger partial charge in [-0.15, -0.1) is 0 Å². The molecule has 1 amide bonds. The maximum atomic E-state index is 12.8. The van der Waals surface area contributed by atoms with Crippen molar-refractivity contribution in [3.8, 4) is 5.75 Å². The summed E-state index contributed by atoms with van der Waals surface area (Å²) in [5.74, 6) is 1.09. The van der Waals surface area contributed by atoms with E-state index in [0.29, 0.717) is 6.42 Å². The molecule has 1 spiro atoms. The van der Waals surface area contributed by atoms with E-state index in [2.05, 4.69) is 34.0 Å². The topological polar surface area (TPSA) is 61.5 Å². The Hall–Kier alpha value is -2.86. The number of aromatic nitrogens is 2. The Kier molecular flexibility index (Phi) is 4.74. The Morgan fingerprint density at radius 2 is 2.07 bits per heavy atom. The summed E-state index contributed by atoms with van der Waals surface area (Å²) in [6.07, 6.45) is 6.87. The molecule has 1 aromatic carbocycles. The molecule has 4 heterocycles. The van der Waals surface area contributed by atoms with E-state index >= 15 is 0 Å². The number of pyridine rings is 1. The van der Waals surface area contributed by atoms with Crippen molar-refractivity contribution in [2.45, 2.75) is 31.2 Å². The summed E-state index contributed by atoms with van der Waals surface area (Å²) in [5.41, 5.74) is 4.86. The molecule has 0 aliphatic carbocycles. The van der Waals surface area contributed by atoms with E-state index in [9.17, 15) is 4.79 Å². The highest BCUT2D eigenvalue weighted by molar-refractivity contribution is 5.87. The van der Waals surface area contributed by atoms with Crippen LogP contribution in [0.4, 0.5) is 0 Å². The van der Waals surface area contributed by atoms with Crippen molar-refractivity contribution in [3.05, 3.63) is 59.5 Å². The number of amides is 1. The van der Waals surface area contributed by atoms with Crippen LogP contribution in [-0.4, -0.2) is 59.5 Å². The number of nitrogens with zero attached hydrogens (tertiary/aromatic N) is 3. The van der Waals surface area contributed by atoms with Crippen LogP contribution in [0, 0.1) is 0 Å². The lowest BCUT2D eigenvalue weighted by atomic mass is 9.78. The minimum Gasteiger partial charge on any atom is -0.497 e. The first-order valence-electron chi connectivity index (χ1n) is 10.7. The number of fused-ring (bicyclic) bond motifs is 4. The van der Waals surface area contributed by atoms with Crippen LogP contribution >= 0.6 is 0 Å². The van der Waals surface area contributed by atoms with Crippen LogP contribution in [0.15, 0.2) is 42.7 Å². The van der Waals surface area contributed by atoms with Crippen LogP contribution in [0.5, 0.6) is 5.75 Å². The summed E-state index contributed by atoms with van der Waals surface area (Å²) < 4.78 is 5.46. The molecule has 3 aromatic rings. The van der Waals surface area contributed by atoms with Crippen molar-refractivity contribution in [1.82, 2.24) is 19.8 Å². The lowest BCUT2D eigenvalue weighted by molar-refractivity contribution is -0.133. The lowest BCUT2D eigenvalue weighted by Gasteiger charge is -2.50. The fourth-order valence-electron chi connectivity index (χ4n) is 5.24. The summed E-state index contributed by atoms with van der Waals surface area (Å²) in [6.45, 7) is 2.59. The number of carbonyl (C=O) groups is 1. The second-order valence-corrected chi connectivity index (χ2v) is 8.51. The van der Waals surface area contributed by atoms with Crippen LogP contribution in [0.2, 0.25) is 0 Å². The average molecular weight is 405 g/mol. The molecule has 0 saturated carbocycles. The highest BCUT2D eigenvalue weighted by atomic mass is 16.5. The summed E-state index contributed by atoms with van der Waals surface area (Å²) in [5, 5.41) is 1.27. The number of likely N-dealkylation sites (N-methyl/N-ethyl adjacent to an activating group) is 1. The van der Waals surface area contributed by atoms with Crippen LogP contribution in [-0.2, 0) is 23.2 Å². The first-order valence-corrected chi connectivity index (χ1v) is 10.7. The zero-order chi connectivity index (χ0) is 20.7. The van der Waals surface area contributed by atoms with Crippen molar-refractivity contribution in [2.24, 2.45) is 0 Å². The molecular formula is C24H28N4O2. The SMILES string of the molecule is COc1ccc2[nH]c3c(c2c1)CCN(C)C31CCN(C(=O)Cc2cccnc2)CC1. The van der Waals surface area contributed by atoms with Gasteiger partial charge >= 0.3 is 0 Å². The number of hydrogen-bond donors (Lipinski definition) is 1. The number of ether oxygens (including phenoxy) is 1. The third-order valence-corrected chi connectivity index (χ3v) is 7.03. The molecule has 6 nitrogen and oxygen atoms in total. The van der Waals surface area contributed by atoms with E-state index in [1.165, 1.54) is 22.2 Å². The number of likely N-dealkylation sites (tertiary alicyclic amines) is 1. The largest absolute Gasteiger partial charge is 0.497 e. The molecule has 2 aromatic heterocycles. The first kappa shape index (κ1) is 19.1. The fourth-order valence-corrected chi connectivity index (χ4v) is 5.24. The Labute approximate surface area is 176 Å². The Morgan fingerprint density at radius 3 is 2.80 bits per heavy atom. The molecule has 156 valence electrons. The summed E-state index contributed by atoms with van der Waals surface area (Å²) in [6, 6.07) is 10.1. The molecule has 6 heteroatoms. The van der Waals surface area contributed by atoms with E-state index in [-0.39, 0.29) is 11.4 Å². The molecule has 5 rings (SSSR count). The van der Waals surface area contributed by atoms with Crippen LogP contribution in [0.1, 0.15) is 29.7 Å². The van der Waals surface area contributed by atoms with Gasteiger partial charge in [0, 0.05) is 48.6 Å². The summed E-state index contributed by atoms with van der Waals surface area (Å²) in [7, 11) is 3.94. The Balaban J connectivity index is 1.40. The minimum atomic E-state index is -0.0368. The van der Waals surface area contributed by atoms with Crippen LogP contribution < -0.4 is 4.74 Å². The number of carbonyl (C=O) groups excluding carboxylic acids is 1. The molecular weight excluding hydrogens is 376 g/mol. The van der Waals surface area contributed by atoms with E-state index in [1.807, 2.05) is 23.1 Å². The van der Waals surface area contributed by atoms with Gasteiger partial charge in [0.2, 0.25) is 5.91 Å². The molecule has 1 N–H and O–H groups in total. The molecule has 2 aliphatic rings. The van der Waals surface area contributed by atoms with Gasteiger partial charge < -0.3 is 14.6 Å². The fraction of sp³-hybridized carbons (Fsp3) is 0.417. The molecule has 1 saturated heterocycles. The van der Waals surface area contributed by atoms with Gasteiger partial charge in [-0.1, -0.05) is 6.07 Å². The molecule has 30 heavy (non-hydrogen) atoms. The summed E-state index contributed by atoms with van der Waals surface area (Å²) >= 11 is 0. The van der Waals surface area contributed by atoms with Gasteiger partial charge in [-0.05, 0) is 61.7 Å². The van der Waals surface area contributed by atoms with Gasteiger partial charge in [-0.2, -0.15) is 0 Å². The van der Waals surface area contributed by atoms with Gasteiger partial charge in [-0.25, -0.2) is 0 Å². The van der Waals surface area contributed by atoms with Crippen LogP contribution in [0.25, 0.3) is 10.9 Å². The van der Waals surface area contributed by atoms with Gasteiger partial charge in [0.15, 0.2) is 0 Å². The standard InChI is InChI=1S/C24H28N4O2/c1-27-11-7-19-20-15-18(30-2)5-6-21(20)26-23(19)24(27)8-12-28(13-9-24)22(29)14-17-4-3-10-25-16-17/h3-6,10,15-16,26H,7-9,11-14H2,1-2H3. The number of hydrogen-bond acceptors (Lipinski definition) is 4. The van der Waals surface area contributed by atoms with Crippen molar-refractivity contribution >= 4 is 16.8 Å². The third kappa shape index (κ3) is 3.06. The molecule has 0 radical (unpaired) electrons. The zero-order valence-electron chi connectivity index (χ0n) is 17.6. The number of nitrogens with one attached hydrogen (secondary N) is 1. The van der Waals surface area contributed by atoms with Gasteiger partial charge in [0.05, 0.1) is 19.1 Å². The lowest BCUT2D eigenvalue weighted by Crippen LogP contribution is -2.55.